The van der Waals surface area contributed by atoms with E-state index in [0.29, 0.717) is 0 Å². The molecule has 1 fully saturated rings. The normalized spacial score (nSPS) is 19.7. The Bertz CT molecular complexity index is 690. The van der Waals surface area contributed by atoms with Crippen LogP contribution in [-0.2, 0) is 4.79 Å². The van der Waals surface area contributed by atoms with E-state index in [-0.39, 0.29) is 23.7 Å². The highest BCUT2D eigenvalue weighted by Gasteiger charge is 2.33. The van der Waals surface area contributed by atoms with Gasteiger partial charge in [-0.25, -0.2) is 8.78 Å². The zero-order valence-corrected chi connectivity index (χ0v) is 13.6. The Morgan fingerprint density at radius 3 is 2.91 bits per heavy atom. The van der Waals surface area contributed by atoms with E-state index in [2.05, 4.69) is 16.3 Å². The summed E-state index contributed by atoms with van der Waals surface area (Å²) in [6.45, 7) is 2.66. The first-order chi connectivity index (χ1) is 11.1. The summed E-state index contributed by atoms with van der Waals surface area (Å²) in [6, 6.07) is 7.09. The number of rotatable bonds is 4. The van der Waals surface area contributed by atoms with Crippen molar-refractivity contribution in [2.45, 2.75) is 31.8 Å². The number of anilines is 1. The molecule has 1 aliphatic rings. The van der Waals surface area contributed by atoms with E-state index >= 15 is 0 Å². The van der Waals surface area contributed by atoms with Crippen molar-refractivity contribution in [3.63, 3.8) is 0 Å². The number of nitrogens with one attached hydrogen (secondary N) is 1. The third-order valence-electron chi connectivity index (χ3n) is 4.23. The molecule has 1 aliphatic heterocycles. The molecule has 2 unspecified atom stereocenters. The molecular formula is C17H18F2N2OS. The topological polar surface area (TPSA) is 32.3 Å². The number of benzene rings is 1. The Labute approximate surface area is 137 Å². The average Bonchev–Trinajstić information content (AvgIpc) is 3.19. The van der Waals surface area contributed by atoms with Gasteiger partial charge in [-0.05, 0) is 49.9 Å². The lowest BCUT2D eigenvalue weighted by atomic mass is 10.1. The Morgan fingerprint density at radius 2 is 2.22 bits per heavy atom. The van der Waals surface area contributed by atoms with Crippen molar-refractivity contribution in [2.75, 3.05) is 11.9 Å². The third-order valence-corrected chi connectivity index (χ3v) is 5.21. The molecule has 0 bridgehead atoms. The van der Waals surface area contributed by atoms with Crippen LogP contribution in [0.15, 0.2) is 35.7 Å². The molecule has 1 N–H and O–H groups in total. The van der Waals surface area contributed by atoms with Crippen molar-refractivity contribution >= 4 is 22.9 Å². The first kappa shape index (κ1) is 16.1. The molecule has 1 aromatic heterocycles. The van der Waals surface area contributed by atoms with Gasteiger partial charge in [0.25, 0.3) is 0 Å². The zero-order valence-electron chi connectivity index (χ0n) is 12.8. The van der Waals surface area contributed by atoms with Crippen molar-refractivity contribution in [2.24, 2.45) is 0 Å². The number of halogens is 2. The number of nitrogens with zero attached hydrogens (tertiary/aromatic N) is 1. The summed E-state index contributed by atoms with van der Waals surface area (Å²) in [6.07, 6.45) is 2.05. The second kappa shape index (κ2) is 6.76. The number of carbonyl (C=O) groups is 1. The van der Waals surface area contributed by atoms with Crippen molar-refractivity contribution in [3.8, 4) is 0 Å². The largest absolute Gasteiger partial charge is 0.322 e. The number of hydrogen-bond acceptors (Lipinski definition) is 3. The van der Waals surface area contributed by atoms with Gasteiger partial charge < -0.3 is 5.32 Å². The van der Waals surface area contributed by atoms with Gasteiger partial charge in [-0.2, -0.15) is 0 Å². The van der Waals surface area contributed by atoms with E-state index < -0.39 is 11.6 Å². The number of amides is 1. The molecule has 0 aliphatic carbocycles. The molecular weight excluding hydrogens is 318 g/mol. The minimum atomic E-state index is -0.762. The van der Waals surface area contributed by atoms with Gasteiger partial charge >= 0.3 is 0 Å². The molecule has 1 amide bonds. The molecule has 2 aromatic rings. The maximum Gasteiger partial charge on any atom is 0.241 e. The number of likely N-dealkylation sites (tertiary alicyclic amines) is 1. The molecule has 0 saturated carbocycles. The van der Waals surface area contributed by atoms with Gasteiger partial charge in [0, 0.05) is 17.0 Å². The van der Waals surface area contributed by atoms with Gasteiger partial charge in [0.05, 0.1) is 11.7 Å². The van der Waals surface area contributed by atoms with Gasteiger partial charge in [-0.3, -0.25) is 9.69 Å². The highest BCUT2D eigenvalue weighted by molar-refractivity contribution is 7.10. The minimum absolute atomic E-state index is 0.00937. The second-order valence-corrected chi connectivity index (χ2v) is 6.68. The first-order valence-corrected chi connectivity index (χ1v) is 8.49. The molecule has 3 nitrogen and oxygen atoms in total. The van der Waals surface area contributed by atoms with Gasteiger partial charge in [-0.1, -0.05) is 6.07 Å². The number of thiophene rings is 1. The van der Waals surface area contributed by atoms with Crippen LogP contribution in [0.2, 0.25) is 0 Å². The Morgan fingerprint density at radius 1 is 1.39 bits per heavy atom. The predicted molar refractivity (Wildman–Crippen MR) is 87.4 cm³/mol. The lowest BCUT2D eigenvalue weighted by Crippen LogP contribution is -2.41. The third kappa shape index (κ3) is 3.43. The molecule has 3 rings (SSSR count). The van der Waals surface area contributed by atoms with Crippen LogP contribution in [0.3, 0.4) is 0 Å². The van der Waals surface area contributed by atoms with E-state index in [1.165, 1.54) is 10.9 Å². The Balaban J connectivity index is 1.71. The summed E-state index contributed by atoms with van der Waals surface area (Å²) in [5, 5.41) is 4.59. The summed E-state index contributed by atoms with van der Waals surface area (Å²) in [5.41, 5.74) is 0.00937. The fourth-order valence-electron chi connectivity index (χ4n) is 3.02. The SMILES string of the molecule is CC(C(=O)Nc1ccc(F)cc1F)N1CCCC1c1cccs1. The molecule has 0 radical (unpaired) electrons. The molecule has 23 heavy (non-hydrogen) atoms. The quantitative estimate of drug-likeness (QED) is 0.908. The molecule has 2 heterocycles. The lowest BCUT2D eigenvalue weighted by Gasteiger charge is -2.29. The van der Waals surface area contributed by atoms with Gasteiger partial charge in [0.15, 0.2) is 0 Å². The standard InChI is InChI=1S/C17H18F2N2OS/c1-11(17(22)20-14-7-6-12(18)10-13(14)19)21-8-2-4-15(21)16-5-3-9-23-16/h3,5-7,9-11,15H,2,4,8H2,1H3,(H,20,22). The maximum atomic E-state index is 13.7. The molecule has 0 spiro atoms. The second-order valence-electron chi connectivity index (χ2n) is 5.70. The average molecular weight is 336 g/mol. The van der Waals surface area contributed by atoms with E-state index in [0.717, 1.165) is 31.5 Å². The summed E-state index contributed by atoms with van der Waals surface area (Å²) in [5.74, 6) is -1.70. The highest BCUT2D eigenvalue weighted by Crippen LogP contribution is 2.36. The molecule has 2 atom stereocenters. The summed E-state index contributed by atoms with van der Waals surface area (Å²) in [4.78, 5) is 15.8. The molecule has 122 valence electrons. The Kier molecular flexibility index (Phi) is 4.73. The van der Waals surface area contributed by atoms with Gasteiger partial charge in [-0.15, -0.1) is 11.3 Å². The maximum absolute atomic E-state index is 13.7. The van der Waals surface area contributed by atoms with E-state index in [9.17, 15) is 13.6 Å². The van der Waals surface area contributed by atoms with E-state index in [1.807, 2.05) is 18.4 Å². The number of carbonyl (C=O) groups excluding carboxylic acids is 1. The molecule has 1 aromatic carbocycles. The van der Waals surface area contributed by atoms with Crippen LogP contribution in [0.4, 0.5) is 14.5 Å². The van der Waals surface area contributed by atoms with Crippen molar-refractivity contribution in [3.05, 3.63) is 52.2 Å². The van der Waals surface area contributed by atoms with Crippen LogP contribution in [0.1, 0.15) is 30.7 Å². The van der Waals surface area contributed by atoms with Crippen LogP contribution < -0.4 is 5.32 Å². The number of hydrogen-bond donors (Lipinski definition) is 1. The van der Waals surface area contributed by atoms with Crippen LogP contribution in [0, 0.1) is 11.6 Å². The van der Waals surface area contributed by atoms with Crippen molar-refractivity contribution in [1.29, 1.82) is 0 Å². The summed E-state index contributed by atoms with van der Waals surface area (Å²) in [7, 11) is 0. The van der Waals surface area contributed by atoms with Gasteiger partial charge in [0.2, 0.25) is 5.91 Å². The van der Waals surface area contributed by atoms with Crippen LogP contribution in [-0.4, -0.2) is 23.4 Å². The predicted octanol–water partition coefficient (Wildman–Crippen LogP) is 4.19. The summed E-state index contributed by atoms with van der Waals surface area (Å²) >= 11 is 1.69. The smallest absolute Gasteiger partial charge is 0.241 e. The fourth-order valence-corrected chi connectivity index (χ4v) is 3.90. The fraction of sp³-hybridized carbons (Fsp3) is 0.353. The molecule has 1 saturated heterocycles. The Hall–Kier alpha value is -1.79. The lowest BCUT2D eigenvalue weighted by molar-refractivity contribution is -0.121. The first-order valence-electron chi connectivity index (χ1n) is 7.61. The van der Waals surface area contributed by atoms with Crippen molar-refractivity contribution < 1.29 is 13.6 Å². The minimum Gasteiger partial charge on any atom is -0.322 e. The van der Waals surface area contributed by atoms with E-state index in [4.69, 9.17) is 0 Å². The van der Waals surface area contributed by atoms with Crippen LogP contribution in [0.25, 0.3) is 0 Å². The highest BCUT2D eigenvalue weighted by atomic mass is 32.1. The van der Waals surface area contributed by atoms with Crippen LogP contribution >= 0.6 is 11.3 Å². The monoisotopic (exact) mass is 336 g/mol. The zero-order chi connectivity index (χ0) is 16.4. The van der Waals surface area contributed by atoms with E-state index in [1.54, 1.807) is 11.3 Å². The van der Waals surface area contributed by atoms with Crippen molar-refractivity contribution in [1.82, 2.24) is 4.90 Å². The van der Waals surface area contributed by atoms with Gasteiger partial charge in [0.1, 0.15) is 11.6 Å². The van der Waals surface area contributed by atoms with Crippen LogP contribution in [0.5, 0.6) is 0 Å². The summed E-state index contributed by atoms with van der Waals surface area (Å²) < 4.78 is 26.6. The molecule has 6 heteroatoms.